The number of thioether (sulfide) groups is 1. The predicted octanol–water partition coefficient (Wildman–Crippen LogP) is 4.75. The summed E-state index contributed by atoms with van der Waals surface area (Å²) in [7, 11) is 0. The molecule has 1 N–H and O–H groups in total. The first kappa shape index (κ1) is 16.7. The minimum absolute atomic E-state index is 0.0175. The van der Waals surface area contributed by atoms with Gasteiger partial charge < -0.3 is 10.1 Å². The topological polar surface area (TPSA) is 38.3 Å². The van der Waals surface area contributed by atoms with Crippen LogP contribution in [0.2, 0.25) is 5.02 Å². The van der Waals surface area contributed by atoms with Crippen LogP contribution in [0.25, 0.3) is 0 Å². The van der Waals surface area contributed by atoms with Crippen molar-refractivity contribution in [2.75, 3.05) is 5.75 Å². The highest BCUT2D eigenvalue weighted by Crippen LogP contribution is 2.20. The van der Waals surface area contributed by atoms with Crippen LogP contribution in [0.5, 0.6) is 0 Å². The van der Waals surface area contributed by atoms with Crippen molar-refractivity contribution in [2.45, 2.75) is 24.5 Å². The monoisotopic (exact) mass is 335 g/mol. The number of amides is 1. The van der Waals surface area contributed by atoms with Crippen molar-refractivity contribution in [1.29, 1.82) is 0 Å². The molecule has 0 spiro atoms. The summed E-state index contributed by atoms with van der Waals surface area (Å²) in [6.07, 6.45) is -0.395. The molecule has 2 rings (SSSR count). The number of ether oxygens (including phenoxy) is 1. The third-order valence-corrected chi connectivity index (χ3v) is 4.41. The fourth-order valence-corrected chi connectivity index (χ4v) is 2.74. The quantitative estimate of drug-likeness (QED) is 0.774. The van der Waals surface area contributed by atoms with Gasteiger partial charge in [-0.2, -0.15) is 0 Å². The molecular weight excluding hydrogens is 318 g/mol. The lowest BCUT2D eigenvalue weighted by atomic mass is 10.2. The zero-order chi connectivity index (χ0) is 15.8. The number of benzene rings is 2. The Kier molecular flexibility index (Phi) is 6.62. The molecule has 0 aliphatic carbocycles. The maximum absolute atomic E-state index is 11.7. The number of halogens is 1. The number of alkyl carbamates (subject to hydrolysis) is 1. The first-order chi connectivity index (χ1) is 10.6. The fraction of sp³-hybridized carbons (Fsp3) is 0.235. The molecule has 0 aliphatic rings. The van der Waals surface area contributed by atoms with Gasteiger partial charge in [-0.25, -0.2) is 4.79 Å². The van der Waals surface area contributed by atoms with Crippen LogP contribution in [-0.4, -0.2) is 17.9 Å². The highest BCUT2D eigenvalue weighted by Gasteiger charge is 2.09. The molecule has 0 bridgehead atoms. The van der Waals surface area contributed by atoms with Crippen molar-refractivity contribution in [3.63, 3.8) is 0 Å². The molecule has 1 atom stereocenters. The SMILES string of the molecule is C[C@@H](CSc1ccc(Cl)cc1)NC(=O)OCc1ccccc1. The van der Waals surface area contributed by atoms with E-state index in [4.69, 9.17) is 16.3 Å². The molecule has 0 aliphatic heterocycles. The van der Waals surface area contributed by atoms with Crippen LogP contribution >= 0.6 is 23.4 Å². The van der Waals surface area contributed by atoms with Crippen LogP contribution < -0.4 is 5.32 Å². The molecular formula is C17H18ClNO2S. The van der Waals surface area contributed by atoms with Gasteiger partial charge in [-0.3, -0.25) is 0 Å². The number of carbonyl (C=O) groups is 1. The minimum atomic E-state index is -0.395. The largest absolute Gasteiger partial charge is 0.445 e. The van der Waals surface area contributed by atoms with E-state index >= 15 is 0 Å². The Labute approximate surface area is 140 Å². The van der Waals surface area contributed by atoms with Crippen LogP contribution in [0, 0.1) is 0 Å². The molecule has 3 nitrogen and oxygen atoms in total. The van der Waals surface area contributed by atoms with Gasteiger partial charge in [0.1, 0.15) is 6.61 Å². The average Bonchev–Trinajstić information content (AvgIpc) is 2.53. The van der Waals surface area contributed by atoms with Crippen molar-refractivity contribution >= 4 is 29.5 Å². The second-order valence-electron chi connectivity index (χ2n) is 4.87. The zero-order valence-corrected chi connectivity index (χ0v) is 13.9. The van der Waals surface area contributed by atoms with Gasteiger partial charge in [0.2, 0.25) is 0 Å². The predicted molar refractivity (Wildman–Crippen MR) is 91.4 cm³/mol. The summed E-state index contributed by atoms with van der Waals surface area (Å²) in [6.45, 7) is 2.23. The number of rotatable bonds is 6. The van der Waals surface area contributed by atoms with Crippen molar-refractivity contribution in [3.8, 4) is 0 Å². The molecule has 116 valence electrons. The van der Waals surface area contributed by atoms with Gasteiger partial charge in [0, 0.05) is 21.7 Å². The van der Waals surface area contributed by atoms with Crippen LogP contribution in [-0.2, 0) is 11.3 Å². The number of hydrogen-bond acceptors (Lipinski definition) is 3. The summed E-state index contributed by atoms with van der Waals surface area (Å²) >= 11 is 7.51. The Morgan fingerprint density at radius 2 is 1.86 bits per heavy atom. The number of nitrogens with one attached hydrogen (secondary N) is 1. The lowest BCUT2D eigenvalue weighted by Crippen LogP contribution is -2.34. The van der Waals surface area contributed by atoms with Crippen LogP contribution in [0.1, 0.15) is 12.5 Å². The van der Waals surface area contributed by atoms with Crippen LogP contribution in [0.4, 0.5) is 4.79 Å². The second kappa shape index (κ2) is 8.71. The van der Waals surface area contributed by atoms with Crippen molar-refractivity contribution in [1.82, 2.24) is 5.32 Å². The molecule has 1 amide bonds. The maximum atomic E-state index is 11.7. The fourth-order valence-electron chi connectivity index (χ4n) is 1.76. The molecule has 0 fully saturated rings. The van der Waals surface area contributed by atoms with Gasteiger partial charge in [0.05, 0.1) is 0 Å². The molecule has 0 radical (unpaired) electrons. The van der Waals surface area contributed by atoms with Crippen LogP contribution in [0.3, 0.4) is 0 Å². The third-order valence-electron chi connectivity index (χ3n) is 2.89. The van der Waals surface area contributed by atoms with E-state index in [1.807, 2.05) is 61.5 Å². The molecule has 0 saturated heterocycles. The first-order valence-electron chi connectivity index (χ1n) is 6.99. The standard InChI is InChI=1S/C17H18ClNO2S/c1-13(12-22-16-9-7-15(18)8-10-16)19-17(20)21-11-14-5-3-2-4-6-14/h2-10,13H,11-12H2,1H3,(H,19,20)/t13-/m0/s1. The Balaban J connectivity index is 1.68. The summed E-state index contributed by atoms with van der Waals surface area (Å²) in [6, 6.07) is 17.3. The third kappa shape index (κ3) is 6.00. The lowest BCUT2D eigenvalue weighted by molar-refractivity contribution is 0.137. The summed E-state index contributed by atoms with van der Waals surface area (Å²) in [5.74, 6) is 0.766. The summed E-state index contributed by atoms with van der Waals surface area (Å²) in [4.78, 5) is 12.8. The Morgan fingerprint density at radius 1 is 1.18 bits per heavy atom. The molecule has 0 saturated carbocycles. The van der Waals surface area contributed by atoms with E-state index in [1.54, 1.807) is 11.8 Å². The van der Waals surface area contributed by atoms with Crippen molar-refractivity contribution in [2.24, 2.45) is 0 Å². The van der Waals surface area contributed by atoms with Crippen LogP contribution in [0.15, 0.2) is 59.5 Å². The zero-order valence-electron chi connectivity index (χ0n) is 12.3. The van der Waals surface area contributed by atoms with Gasteiger partial charge in [-0.15, -0.1) is 11.8 Å². The van der Waals surface area contributed by atoms with Gasteiger partial charge >= 0.3 is 6.09 Å². The van der Waals surface area contributed by atoms with E-state index < -0.39 is 6.09 Å². The molecule has 0 unspecified atom stereocenters. The summed E-state index contributed by atoms with van der Waals surface area (Å²) in [5, 5.41) is 3.55. The molecule has 0 heterocycles. The second-order valence-corrected chi connectivity index (χ2v) is 6.40. The van der Waals surface area contributed by atoms with Gasteiger partial charge in [0.15, 0.2) is 0 Å². The highest BCUT2D eigenvalue weighted by atomic mass is 35.5. The van der Waals surface area contributed by atoms with Gasteiger partial charge in [-0.05, 0) is 36.8 Å². The van der Waals surface area contributed by atoms with Gasteiger partial charge in [-0.1, -0.05) is 41.9 Å². The minimum Gasteiger partial charge on any atom is -0.445 e. The van der Waals surface area contributed by atoms with E-state index in [2.05, 4.69) is 5.32 Å². The highest BCUT2D eigenvalue weighted by molar-refractivity contribution is 7.99. The van der Waals surface area contributed by atoms with Crippen molar-refractivity contribution in [3.05, 3.63) is 65.2 Å². The molecule has 2 aromatic rings. The van der Waals surface area contributed by atoms with E-state index in [0.717, 1.165) is 21.2 Å². The summed E-state index contributed by atoms with van der Waals surface area (Å²) < 4.78 is 5.19. The Hall–Kier alpha value is -1.65. The Morgan fingerprint density at radius 3 is 2.55 bits per heavy atom. The molecule has 0 aromatic heterocycles. The molecule has 22 heavy (non-hydrogen) atoms. The van der Waals surface area contributed by atoms with E-state index in [0.29, 0.717) is 0 Å². The van der Waals surface area contributed by atoms with E-state index in [9.17, 15) is 4.79 Å². The smallest absolute Gasteiger partial charge is 0.407 e. The maximum Gasteiger partial charge on any atom is 0.407 e. The first-order valence-corrected chi connectivity index (χ1v) is 8.35. The van der Waals surface area contributed by atoms with E-state index in [-0.39, 0.29) is 12.6 Å². The lowest BCUT2D eigenvalue weighted by Gasteiger charge is -2.13. The average molecular weight is 336 g/mol. The van der Waals surface area contributed by atoms with Gasteiger partial charge in [0.25, 0.3) is 0 Å². The molecule has 2 aromatic carbocycles. The normalized spacial score (nSPS) is 11.7. The number of carbonyl (C=O) groups excluding carboxylic acids is 1. The molecule has 5 heteroatoms. The van der Waals surface area contributed by atoms with Crippen molar-refractivity contribution < 1.29 is 9.53 Å². The Bertz CT molecular complexity index is 589. The number of hydrogen-bond donors (Lipinski definition) is 1. The van der Waals surface area contributed by atoms with E-state index in [1.165, 1.54) is 0 Å². The summed E-state index contributed by atoms with van der Waals surface area (Å²) in [5.41, 5.74) is 0.973.